The number of amides is 1. The van der Waals surface area contributed by atoms with Gasteiger partial charge in [0.15, 0.2) is 0 Å². The van der Waals surface area contributed by atoms with Gasteiger partial charge in [-0.25, -0.2) is 0 Å². The van der Waals surface area contributed by atoms with Gasteiger partial charge in [-0.1, -0.05) is 0 Å². The van der Waals surface area contributed by atoms with Crippen LogP contribution >= 0.6 is 0 Å². The summed E-state index contributed by atoms with van der Waals surface area (Å²) < 4.78 is 10.2. The molecule has 1 aliphatic heterocycles. The number of nitrogens with zero attached hydrogens (tertiary/aromatic N) is 1. The molecule has 1 heterocycles. The third-order valence-corrected chi connectivity index (χ3v) is 2.75. The number of hydrogen-bond donors (Lipinski definition) is 1. The van der Waals surface area contributed by atoms with Gasteiger partial charge in [0.25, 0.3) is 0 Å². The number of hydrogen-bond acceptors (Lipinski definition) is 4. The zero-order chi connectivity index (χ0) is 12.0. The third-order valence-electron chi connectivity index (χ3n) is 2.75. The molecule has 2 atom stereocenters. The Morgan fingerprint density at radius 2 is 2.06 bits per heavy atom. The molecule has 0 bridgehead atoms. The maximum absolute atomic E-state index is 11.5. The molecule has 0 aliphatic carbocycles. The maximum Gasteiger partial charge on any atom is 0.249 e. The number of carbonyl (C=O) groups excluding carboxylic acids is 1. The Morgan fingerprint density at radius 3 is 2.62 bits per heavy atom. The molecular weight excluding hydrogens is 208 g/mol. The van der Waals surface area contributed by atoms with Gasteiger partial charge in [-0.2, -0.15) is 0 Å². The van der Waals surface area contributed by atoms with Gasteiger partial charge in [0.2, 0.25) is 5.91 Å². The summed E-state index contributed by atoms with van der Waals surface area (Å²) in [6.45, 7) is 8.09. The topological polar surface area (TPSA) is 50.8 Å². The van der Waals surface area contributed by atoms with Crippen molar-refractivity contribution in [2.24, 2.45) is 0 Å². The normalized spacial score (nSPS) is 21.4. The minimum Gasteiger partial charge on any atom is -0.379 e. The van der Waals surface area contributed by atoms with Crippen LogP contribution in [0.15, 0.2) is 0 Å². The van der Waals surface area contributed by atoms with Gasteiger partial charge >= 0.3 is 0 Å². The number of methoxy groups -OCH3 is 1. The molecular formula is C11H22N2O3. The number of morpholine rings is 1. The Hall–Kier alpha value is -0.650. The van der Waals surface area contributed by atoms with E-state index < -0.39 is 0 Å². The van der Waals surface area contributed by atoms with Gasteiger partial charge in [0.05, 0.1) is 13.2 Å². The van der Waals surface area contributed by atoms with Crippen molar-refractivity contribution in [2.45, 2.75) is 26.0 Å². The Morgan fingerprint density at radius 1 is 1.44 bits per heavy atom. The molecule has 0 saturated carbocycles. The van der Waals surface area contributed by atoms with Crippen molar-refractivity contribution in [1.82, 2.24) is 10.2 Å². The molecule has 5 nitrogen and oxygen atoms in total. The minimum atomic E-state index is -0.382. The SMILES string of the molecule is COC(C)C(=O)NC(C)CN1CCOCC1. The summed E-state index contributed by atoms with van der Waals surface area (Å²) in [6, 6.07) is 0.142. The predicted octanol–water partition coefficient (Wildman–Crippen LogP) is -0.142. The van der Waals surface area contributed by atoms with E-state index in [9.17, 15) is 4.79 Å². The van der Waals surface area contributed by atoms with Crippen LogP contribution in [0.4, 0.5) is 0 Å². The highest BCUT2D eigenvalue weighted by molar-refractivity contribution is 5.80. The van der Waals surface area contributed by atoms with E-state index in [1.54, 1.807) is 6.92 Å². The lowest BCUT2D eigenvalue weighted by atomic mass is 10.2. The van der Waals surface area contributed by atoms with Crippen LogP contribution in [0.25, 0.3) is 0 Å². The van der Waals surface area contributed by atoms with E-state index in [0.717, 1.165) is 32.8 Å². The molecule has 1 rings (SSSR count). The largest absolute Gasteiger partial charge is 0.379 e. The molecule has 1 N–H and O–H groups in total. The average Bonchev–Trinajstić information content (AvgIpc) is 2.29. The van der Waals surface area contributed by atoms with Crippen molar-refractivity contribution >= 4 is 5.91 Å². The van der Waals surface area contributed by atoms with Crippen molar-refractivity contribution in [1.29, 1.82) is 0 Å². The summed E-state index contributed by atoms with van der Waals surface area (Å²) in [7, 11) is 1.54. The number of ether oxygens (including phenoxy) is 2. The molecule has 16 heavy (non-hydrogen) atoms. The molecule has 1 fully saturated rings. The Balaban J connectivity index is 2.23. The maximum atomic E-state index is 11.5. The number of carbonyl (C=O) groups is 1. The highest BCUT2D eigenvalue weighted by Crippen LogP contribution is 1.99. The lowest BCUT2D eigenvalue weighted by molar-refractivity contribution is -0.130. The fourth-order valence-corrected chi connectivity index (χ4v) is 1.68. The molecule has 5 heteroatoms. The third kappa shape index (κ3) is 4.47. The van der Waals surface area contributed by atoms with Crippen LogP contribution in [0.1, 0.15) is 13.8 Å². The number of rotatable bonds is 5. The molecule has 0 spiro atoms. The molecule has 1 saturated heterocycles. The van der Waals surface area contributed by atoms with Crippen molar-refractivity contribution in [3.05, 3.63) is 0 Å². The zero-order valence-corrected chi connectivity index (χ0v) is 10.4. The van der Waals surface area contributed by atoms with Crippen molar-refractivity contribution in [3.63, 3.8) is 0 Å². The van der Waals surface area contributed by atoms with Crippen molar-refractivity contribution in [3.8, 4) is 0 Å². The fraction of sp³-hybridized carbons (Fsp3) is 0.909. The second-order valence-electron chi connectivity index (χ2n) is 4.20. The Labute approximate surface area is 97.1 Å². The van der Waals surface area contributed by atoms with Crippen molar-refractivity contribution in [2.75, 3.05) is 40.0 Å². The van der Waals surface area contributed by atoms with Gasteiger partial charge in [-0.15, -0.1) is 0 Å². The minimum absolute atomic E-state index is 0.0525. The van der Waals surface area contributed by atoms with Gasteiger partial charge in [-0.05, 0) is 13.8 Å². The van der Waals surface area contributed by atoms with E-state index in [2.05, 4.69) is 10.2 Å². The average molecular weight is 230 g/mol. The highest BCUT2D eigenvalue weighted by Gasteiger charge is 2.17. The summed E-state index contributed by atoms with van der Waals surface area (Å²) >= 11 is 0. The van der Waals surface area contributed by atoms with Crippen LogP contribution in [0.5, 0.6) is 0 Å². The van der Waals surface area contributed by atoms with E-state index in [4.69, 9.17) is 9.47 Å². The van der Waals surface area contributed by atoms with E-state index in [-0.39, 0.29) is 18.1 Å². The molecule has 0 aromatic carbocycles. The molecule has 94 valence electrons. The standard InChI is InChI=1S/C11H22N2O3/c1-9(12-11(14)10(2)15-3)8-13-4-6-16-7-5-13/h9-10H,4-8H2,1-3H3,(H,12,14). The van der Waals surface area contributed by atoms with E-state index >= 15 is 0 Å². The fourth-order valence-electron chi connectivity index (χ4n) is 1.68. The molecule has 0 radical (unpaired) electrons. The van der Waals surface area contributed by atoms with Gasteiger partial charge in [-0.3, -0.25) is 9.69 Å². The molecule has 2 unspecified atom stereocenters. The molecule has 1 aliphatic rings. The summed E-state index contributed by atoms with van der Waals surface area (Å²) in [5.41, 5.74) is 0. The molecule has 0 aromatic heterocycles. The van der Waals surface area contributed by atoms with E-state index in [1.165, 1.54) is 7.11 Å². The van der Waals surface area contributed by atoms with Crippen LogP contribution in [-0.4, -0.2) is 62.9 Å². The van der Waals surface area contributed by atoms with Gasteiger partial charge in [0, 0.05) is 32.8 Å². The first-order chi connectivity index (χ1) is 7.63. The predicted molar refractivity (Wildman–Crippen MR) is 61.3 cm³/mol. The summed E-state index contributed by atoms with van der Waals surface area (Å²) in [6.07, 6.45) is -0.382. The van der Waals surface area contributed by atoms with Crippen LogP contribution in [0, 0.1) is 0 Å². The first-order valence-electron chi connectivity index (χ1n) is 5.76. The quantitative estimate of drug-likeness (QED) is 0.714. The van der Waals surface area contributed by atoms with Crippen LogP contribution in [-0.2, 0) is 14.3 Å². The summed E-state index contributed by atoms with van der Waals surface area (Å²) in [4.78, 5) is 13.8. The van der Waals surface area contributed by atoms with Crippen LogP contribution in [0.3, 0.4) is 0 Å². The Kier molecular flexibility index (Phi) is 5.73. The van der Waals surface area contributed by atoms with Gasteiger partial charge < -0.3 is 14.8 Å². The second-order valence-corrected chi connectivity index (χ2v) is 4.20. The lowest BCUT2D eigenvalue weighted by Gasteiger charge is -2.29. The lowest BCUT2D eigenvalue weighted by Crippen LogP contribution is -2.48. The van der Waals surface area contributed by atoms with Gasteiger partial charge in [0.1, 0.15) is 6.10 Å². The second kappa shape index (κ2) is 6.83. The van der Waals surface area contributed by atoms with E-state index in [1.807, 2.05) is 6.92 Å². The Bertz CT molecular complexity index is 217. The highest BCUT2D eigenvalue weighted by atomic mass is 16.5. The molecule has 1 amide bonds. The van der Waals surface area contributed by atoms with Crippen LogP contribution < -0.4 is 5.32 Å². The summed E-state index contributed by atoms with van der Waals surface area (Å²) in [5.74, 6) is -0.0525. The number of nitrogens with one attached hydrogen (secondary N) is 1. The van der Waals surface area contributed by atoms with Crippen molar-refractivity contribution < 1.29 is 14.3 Å². The monoisotopic (exact) mass is 230 g/mol. The summed E-state index contributed by atoms with van der Waals surface area (Å²) in [5, 5.41) is 2.93. The molecule has 0 aromatic rings. The first-order valence-corrected chi connectivity index (χ1v) is 5.76. The van der Waals surface area contributed by atoms with E-state index in [0.29, 0.717) is 0 Å². The smallest absolute Gasteiger partial charge is 0.249 e. The zero-order valence-electron chi connectivity index (χ0n) is 10.4. The van der Waals surface area contributed by atoms with Crippen LogP contribution in [0.2, 0.25) is 0 Å². The first kappa shape index (κ1) is 13.4.